The summed E-state index contributed by atoms with van der Waals surface area (Å²) in [6.07, 6.45) is 0. The van der Waals surface area contributed by atoms with Gasteiger partial charge in [0.05, 0.1) is 5.02 Å². The average molecular weight is 286 g/mol. The van der Waals surface area contributed by atoms with Gasteiger partial charge in [0.15, 0.2) is 0 Å². The summed E-state index contributed by atoms with van der Waals surface area (Å²) < 4.78 is 13.6. The minimum Gasteiger partial charge on any atom is -0.329 e. The monoisotopic (exact) mass is 285 g/mol. The zero-order chi connectivity index (χ0) is 13.8. The van der Waals surface area contributed by atoms with E-state index in [1.807, 2.05) is 6.07 Å². The van der Waals surface area contributed by atoms with Crippen LogP contribution in [0, 0.1) is 5.82 Å². The Hall–Kier alpha value is -0.680. The lowest BCUT2D eigenvalue weighted by atomic mass is 10.0. The Morgan fingerprint density at radius 2 is 2.00 bits per heavy atom. The second-order valence-electron chi connectivity index (χ2n) is 4.90. The number of halogens is 2. The predicted octanol–water partition coefficient (Wildman–Crippen LogP) is 2.12. The van der Waals surface area contributed by atoms with E-state index in [1.165, 1.54) is 6.07 Å². The molecule has 0 bridgehead atoms. The zero-order valence-corrected chi connectivity index (χ0v) is 12.0. The average Bonchev–Trinajstić information content (AvgIpc) is 2.44. The van der Waals surface area contributed by atoms with Crippen LogP contribution >= 0.6 is 11.6 Å². The summed E-state index contributed by atoms with van der Waals surface area (Å²) in [6, 6.07) is 5.06. The number of hydrogen-bond acceptors (Lipinski definition) is 3. The molecule has 1 unspecified atom stereocenters. The van der Waals surface area contributed by atoms with Crippen molar-refractivity contribution in [1.29, 1.82) is 0 Å². The lowest BCUT2D eigenvalue weighted by molar-refractivity contribution is 0.102. The number of likely N-dealkylation sites (N-methyl/N-ethyl adjacent to an activating group) is 1. The van der Waals surface area contributed by atoms with E-state index in [0.717, 1.165) is 38.3 Å². The molecule has 2 rings (SSSR count). The number of hydrogen-bond donors (Lipinski definition) is 1. The molecule has 106 valence electrons. The molecule has 0 amide bonds. The largest absolute Gasteiger partial charge is 0.329 e. The Morgan fingerprint density at radius 3 is 2.53 bits per heavy atom. The molecule has 0 radical (unpaired) electrons. The van der Waals surface area contributed by atoms with Crippen molar-refractivity contribution in [2.24, 2.45) is 5.73 Å². The number of nitrogens with two attached hydrogens (primary N) is 1. The molecule has 1 aromatic carbocycles. The summed E-state index contributed by atoms with van der Waals surface area (Å²) in [5, 5.41) is 0.162. The number of piperazine rings is 1. The van der Waals surface area contributed by atoms with Crippen LogP contribution in [0.15, 0.2) is 18.2 Å². The molecule has 1 aliphatic rings. The van der Waals surface area contributed by atoms with Crippen molar-refractivity contribution in [2.75, 3.05) is 39.3 Å². The van der Waals surface area contributed by atoms with Crippen molar-refractivity contribution in [2.45, 2.75) is 13.0 Å². The van der Waals surface area contributed by atoms with Crippen LogP contribution in [-0.4, -0.2) is 49.1 Å². The molecule has 1 heterocycles. The summed E-state index contributed by atoms with van der Waals surface area (Å²) in [5.41, 5.74) is 6.79. The molecule has 5 heteroatoms. The number of nitrogens with zero attached hydrogens (tertiary/aromatic N) is 2. The number of rotatable bonds is 4. The SMILES string of the molecule is CCN1CCN(C(CN)c2ccc(Cl)c(F)c2)CC1. The van der Waals surface area contributed by atoms with Gasteiger partial charge in [-0.15, -0.1) is 0 Å². The first-order chi connectivity index (χ1) is 9.15. The van der Waals surface area contributed by atoms with Crippen LogP contribution in [0.4, 0.5) is 4.39 Å². The van der Waals surface area contributed by atoms with Gasteiger partial charge in [0, 0.05) is 38.8 Å². The van der Waals surface area contributed by atoms with Crippen LogP contribution in [0.2, 0.25) is 5.02 Å². The topological polar surface area (TPSA) is 32.5 Å². The van der Waals surface area contributed by atoms with E-state index in [2.05, 4.69) is 16.7 Å². The molecule has 1 saturated heterocycles. The molecule has 1 aromatic rings. The van der Waals surface area contributed by atoms with E-state index >= 15 is 0 Å². The van der Waals surface area contributed by atoms with Gasteiger partial charge in [-0.3, -0.25) is 4.90 Å². The van der Waals surface area contributed by atoms with E-state index in [0.29, 0.717) is 6.54 Å². The van der Waals surface area contributed by atoms with Gasteiger partial charge in [0.2, 0.25) is 0 Å². The highest BCUT2D eigenvalue weighted by Gasteiger charge is 2.24. The van der Waals surface area contributed by atoms with E-state index < -0.39 is 0 Å². The van der Waals surface area contributed by atoms with Gasteiger partial charge in [-0.25, -0.2) is 4.39 Å². The summed E-state index contributed by atoms with van der Waals surface area (Å²) in [4.78, 5) is 4.74. The lowest BCUT2D eigenvalue weighted by Crippen LogP contribution is -2.48. The highest BCUT2D eigenvalue weighted by Crippen LogP contribution is 2.24. The van der Waals surface area contributed by atoms with Crippen LogP contribution in [0.5, 0.6) is 0 Å². The molecule has 0 aromatic heterocycles. The molecule has 19 heavy (non-hydrogen) atoms. The van der Waals surface area contributed by atoms with E-state index in [1.54, 1.807) is 6.07 Å². The Balaban J connectivity index is 2.09. The first-order valence-corrected chi connectivity index (χ1v) is 7.15. The fourth-order valence-corrected chi connectivity index (χ4v) is 2.72. The van der Waals surface area contributed by atoms with Gasteiger partial charge < -0.3 is 10.6 Å². The number of benzene rings is 1. The summed E-state index contributed by atoms with van der Waals surface area (Å²) in [5.74, 6) is -0.371. The van der Waals surface area contributed by atoms with Crippen LogP contribution in [0.3, 0.4) is 0 Å². The quantitative estimate of drug-likeness (QED) is 0.920. The Morgan fingerprint density at radius 1 is 1.32 bits per heavy atom. The predicted molar refractivity (Wildman–Crippen MR) is 76.9 cm³/mol. The fraction of sp³-hybridized carbons (Fsp3) is 0.571. The van der Waals surface area contributed by atoms with Gasteiger partial charge in [-0.2, -0.15) is 0 Å². The van der Waals surface area contributed by atoms with Gasteiger partial charge in [-0.05, 0) is 24.2 Å². The van der Waals surface area contributed by atoms with Crippen molar-refractivity contribution in [3.05, 3.63) is 34.6 Å². The van der Waals surface area contributed by atoms with Crippen molar-refractivity contribution in [1.82, 2.24) is 9.80 Å². The Bertz CT molecular complexity index is 419. The second kappa shape index (κ2) is 6.66. The second-order valence-corrected chi connectivity index (χ2v) is 5.30. The Labute approximate surface area is 119 Å². The molecule has 1 atom stereocenters. The highest BCUT2D eigenvalue weighted by atomic mass is 35.5. The van der Waals surface area contributed by atoms with Crippen LogP contribution < -0.4 is 5.73 Å². The summed E-state index contributed by atoms with van der Waals surface area (Å²) in [6.45, 7) is 7.78. The molecule has 0 saturated carbocycles. The van der Waals surface area contributed by atoms with E-state index in [4.69, 9.17) is 17.3 Å². The third-order valence-electron chi connectivity index (χ3n) is 3.85. The molecule has 1 aliphatic heterocycles. The minimum atomic E-state index is -0.371. The van der Waals surface area contributed by atoms with Crippen LogP contribution in [0.25, 0.3) is 0 Å². The first-order valence-electron chi connectivity index (χ1n) is 6.77. The highest BCUT2D eigenvalue weighted by molar-refractivity contribution is 6.30. The molecular formula is C14H21ClFN3. The molecule has 2 N–H and O–H groups in total. The smallest absolute Gasteiger partial charge is 0.142 e. The maximum absolute atomic E-state index is 13.6. The van der Waals surface area contributed by atoms with Gasteiger partial charge >= 0.3 is 0 Å². The molecule has 3 nitrogen and oxygen atoms in total. The maximum atomic E-state index is 13.6. The Kier molecular flexibility index (Phi) is 5.16. The van der Waals surface area contributed by atoms with Crippen molar-refractivity contribution in [3.8, 4) is 0 Å². The molecule has 0 spiro atoms. The first kappa shape index (κ1) is 14.7. The van der Waals surface area contributed by atoms with Gasteiger partial charge in [0.25, 0.3) is 0 Å². The van der Waals surface area contributed by atoms with Gasteiger partial charge in [0.1, 0.15) is 5.82 Å². The summed E-state index contributed by atoms with van der Waals surface area (Å²) in [7, 11) is 0. The van der Waals surface area contributed by atoms with Crippen LogP contribution in [-0.2, 0) is 0 Å². The van der Waals surface area contributed by atoms with Crippen molar-refractivity contribution >= 4 is 11.6 Å². The van der Waals surface area contributed by atoms with Crippen molar-refractivity contribution in [3.63, 3.8) is 0 Å². The van der Waals surface area contributed by atoms with E-state index in [-0.39, 0.29) is 16.9 Å². The molecule has 1 fully saturated rings. The lowest BCUT2D eigenvalue weighted by Gasteiger charge is -2.38. The maximum Gasteiger partial charge on any atom is 0.142 e. The minimum absolute atomic E-state index is 0.0748. The zero-order valence-electron chi connectivity index (χ0n) is 11.3. The van der Waals surface area contributed by atoms with Crippen molar-refractivity contribution < 1.29 is 4.39 Å². The normalized spacial score (nSPS) is 19.6. The molecule has 0 aliphatic carbocycles. The molecular weight excluding hydrogens is 265 g/mol. The van der Waals surface area contributed by atoms with Crippen LogP contribution in [0.1, 0.15) is 18.5 Å². The third kappa shape index (κ3) is 3.45. The third-order valence-corrected chi connectivity index (χ3v) is 4.15. The standard InChI is InChI=1S/C14H21ClFN3/c1-2-18-5-7-19(8-6-18)14(10-17)11-3-4-12(15)13(16)9-11/h3-4,9,14H,2,5-8,10,17H2,1H3. The summed E-state index contributed by atoms with van der Waals surface area (Å²) >= 11 is 5.73. The van der Waals surface area contributed by atoms with Gasteiger partial charge in [-0.1, -0.05) is 24.6 Å². The fourth-order valence-electron chi connectivity index (χ4n) is 2.61. The van der Waals surface area contributed by atoms with E-state index in [9.17, 15) is 4.39 Å².